The number of H-pyrrole nitrogens is 1. The Morgan fingerprint density at radius 3 is 2.78 bits per heavy atom. The van der Waals surface area contributed by atoms with Gasteiger partial charge in [0.2, 0.25) is 5.95 Å². The number of ether oxygens (including phenoxy) is 1. The number of halogens is 1. The Morgan fingerprint density at radius 2 is 2.00 bits per heavy atom. The van der Waals surface area contributed by atoms with Crippen molar-refractivity contribution in [3.8, 4) is 22.6 Å². The molecule has 0 unspecified atom stereocenters. The van der Waals surface area contributed by atoms with E-state index in [1.807, 2.05) is 0 Å². The van der Waals surface area contributed by atoms with E-state index in [4.69, 9.17) is 4.74 Å². The lowest BCUT2D eigenvalue weighted by atomic mass is 10.1. The molecule has 0 amide bonds. The minimum absolute atomic E-state index is 0.280. The van der Waals surface area contributed by atoms with Crippen LogP contribution >= 0.6 is 0 Å². The molecule has 0 radical (unpaired) electrons. The molecule has 0 aliphatic heterocycles. The van der Waals surface area contributed by atoms with Crippen LogP contribution in [0.4, 0.5) is 10.3 Å². The zero-order chi connectivity index (χ0) is 16.1. The molecule has 23 heavy (non-hydrogen) atoms. The molecular formula is C16H16FN5O. The lowest BCUT2D eigenvalue weighted by molar-refractivity contribution is 0.210. The van der Waals surface area contributed by atoms with Gasteiger partial charge in [0.25, 0.3) is 0 Å². The average Bonchev–Trinajstić information content (AvgIpc) is 3.06. The fraction of sp³-hybridized carbons (Fsp3) is 0.188. The second-order valence-electron chi connectivity index (χ2n) is 4.82. The number of rotatable bonds is 6. The minimum atomic E-state index is -0.280. The van der Waals surface area contributed by atoms with Gasteiger partial charge in [0.05, 0.1) is 30.0 Å². The van der Waals surface area contributed by atoms with Crippen molar-refractivity contribution < 1.29 is 9.13 Å². The van der Waals surface area contributed by atoms with E-state index in [-0.39, 0.29) is 5.82 Å². The monoisotopic (exact) mass is 313 g/mol. The summed E-state index contributed by atoms with van der Waals surface area (Å²) in [7, 11) is 1.64. The fourth-order valence-electron chi connectivity index (χ4n) is 2.16. The van der Waals surface area contributed by atoms with E-state index in [1.165, 1.54) is 12.1 Å². The first kappa shape index (κ1) is 15.1. The number of aromatic nitrogens is 4. The summed E-state index contributed by atoms with van der Waals surface area (Å²) in [5.74, 6) is 0.233. The molecule has 0 aliphatic carbocycles. The van der Waals surface area contributed by atoms with E-state index in [9.17, 15) is 4.39 Å². The molecular weight excluding hydrogens is 297 g/mol. The number of anilines is 1. The van der Waals surface area contributed by atoms with Crippen molar-refractivity contribution in [2.45, 2.75) is 0 Å². The van der Waals surface area contributed by atoms with Gasteiger partial charge in [-0.05, 0) is 30.3 Å². The molecule has 1 aromatic carbocycles. The molecule has 3 aromatic rings. The molecule has 0 saturated carbocycles. The normalized spacial score (nSPS) is 10.7. The van der Waals surface area contributed by atoms with Crippen LogP contribution in [0.25, 0.3) is 22.6 Å². The fourth-order valence-corrected chi connectivity index (χ4v) is 2.16. The first-order chi connectivity index (χ1) is 11.3. The highest BCUT2D eigenvalue weighted by molar-refractivity contribution is 5.76. The molecule has 0 atom stereocenters. The van der Waals surface area contributed by atoms with Gasteiger partial charge in [-0.25, -0.2) is 19.3 Å². The largest absolute Gasteiger partial charge is 0.383 e. The van der Waals surface area contributed by atoms with E-state index >= 15 is 0 Å². The van der Waals surface area contributed by atoms with E-state index in [0.717, 1.165) is 11.3 Å². The molecule has 0 saturated heterocycles. The molecule has 0 aliphatic rings. The van der Waals surface area contributed by atoms with Crippen LogP contribution < -0.4 is 5.32 Å². The lowest BCUT2D eigenvalue weighted by Crippen LogP contribution is -2.10. The van der Waals surface area contributed by atoms with Crippen LogP contribution in [-0.4, -0.2) is 40.2 Å². The number of imidazole rings is 1. The third kappa shape index (κ3) is 3.51. The predicted molar refractivity (Wildman–Crippen MR) is 85.4 cm³/mol. The van der Waals surface area contributed by atoms with Crippen LogP contribution in [-0.2, 0) is 4.74 Å². The average molecular weight is 313 g/mol. The van der Waals surface area contributed by atoms with Crippen molar-refractivity contribution in [3.05, 3.63) is 48.7 Å². The van der Waals surface area contributed by atoms with Gasteiger partial charge in [-0.3, -0.25) is 0 Å². The SMILES string of the molecule is COCCNc1nccc(-c2[nH]cnc2-c2ccc(F)cc2)n1. The molecule has 2 heterocycles. The smallest absolute Gasteiger partial charge is 0.223 e. The Kier molecular flexibility index (Phi) is 4.58. The van der Waals surface area contributed by atoms with Crippen LogP contribution in [0.5, 0.6) is 0 Å². The van der Waals surface area contributed by atoms with Gasteiger partial charge in [0, 0.05) is 25.4 Å². The van der Waals surface area contributed by atoms with Crippen LogP contribution in [0.2, 0.25) is 0 Å². The van der Waals surface area contributed by atoms with Gasteiger partial charge in [-0.1, -0.05) is 0 Å². The molecule has 2 aromatic heterocycles. The van der Waals surface area contributed by atoms with Crippen LogP contribution in [0.1, 0.15) is 0 Å². The molecule has 3 rings (SSSR count). The van der Waals surface area contributed by atoms with Crippen molar-refractivity contribution in [1.82, 2.24) is 19.9 Å². The number of hydrogen-bond acceptors (Lipinski definition) is 5. The van der Waals surface area contributed by atoms with Gasteiger partial charge >= 0.3 is 0 Å². The summed E-state index contributed by atoms with van der Waals surface area (Å²) in [4.78, 5) is 16.0. The molecule has 0 spiro atoms. The summed E-state index contributed by atoms with van der Waals surface area (Å²) in [6.07, 6.45) is 3.26. The van der Waals surface area contributed by atoms with E-state index in [0.29, 0.717) is 30.5 Å². The molecule has 0 bridgehead atoms. The maximum atomic E-state index is 13.1. The van der Waals surface area contributed by atoms with E-state index in [1.54, 1.807) is 37.8 Å². The van der Waals surface area contributed by atoms with Gasteiger partial charge in [-0.2, -0.15) is 0 Å². The van der Waals surface area contributed by atoms with Gasteiger partial charge < -0.3 is 15.0 Å². The van der Waals surface area contributed by atoms with Crippen molar-refractivity contribution in [3.63, 3.8) is 0 Å². The predicted octanol–water partition coefficient (Wildman–Crippen LogP) is 2.73. The lowest BCUT2D eigenvalue weighted by Gasteiger charge is -2.06. The highest BCUT2D eigenvalue weighted by Gasteiger charge is 2.12. The second kappa shape index (κ2) is 6.97. The summed E-state index contributed by atoms with van der Waals surface area (Å²) in [6.45, 7) is 1.19. The van der Waals surface area contributed by atoms with Crippen molar-refractivity contribution in [1.29, 1.82) is 0 Å². The molecule has 0 fully saturated rings. The molecule has 118 valence electrons. The standard InChI is InChI=1S/C16H16FN5O/c1-23-9-8-19-16-18-7-6-13(22-16)15-14(20-10-21-15)11-2-4-12(17)5-3-11/h2-7,10H,8-9H2,1H3,(H,20,21)(H,18,19,22). The van der Waals surface area contributed by atoms with Crippen LogP contribution in [0.15, 0.2) is 42.9 Å². The first-order valence-electron chi connectivity index (χ1n) is 7.13. The summed E-state index contributed by atoms with van der Waals surface area (Å²) in [6, 6.07) is 7.99. The molecule has 2 N–H and O–H groups in total. The van der Waals surface area contributed by atoms with Crippen LogP contribution in [0.3, 0.4) is 0 Å². The highest BCUT2D eigenvalue weighted by Crippen LogP contribution is 2.28. The van der Waals surface area contributed by atoms with Gasteiger partial charge in [0.1, 0.15) is 5.82 Å². The Balaban J connectivity index is 1.89. The number of nitrogens with one attached hydrogen (secondary N) is 2. The summed E-state index contributed by atoms with van der Waals surface area (Å²) in [5, 5.41) is 3.08. The first-order valence-corrected chi connectivity index (χ1v) is 7.13. The molecule has 6 nitrogen and oxygen atoms in total. The maximum absolute atomic E-state index is 13.1. The summed E-state index contributed by atoms with van der Waals surface area (Å²) < 4.78 is 18.1. The number of hydrogen-bond donors (Lipinski definition) is 2. The Hall–Kier alpha value is -2.80. The highest BCUT2D eigenvalue weighted by atomic mass is 19.1. The summed E-state index contributed by atoms with van der Waals surface area (Å²) >= 11 is 0. The second-order valence-corrected chi connectivity index (χ2v) is 4.82. The Bertz CT molecular complexity index is 772. The zero-order valence-corrected chi connectivity index (χ0v) is 12.6. The molecule has 7 heteroatoms. The maximum Gasteiger partial charge on any atom is 0.223 e. The summed E-state index contributed by atoms with van der Waals surface area (Å²) in [5.41, 5.74) is 2.99. The topological polar surface area (TPSA) is 75.7 Å². The van der Waals surface area contributed by atoms with E-state index in [2.05, 4.69) is 25.3 Å². The van der Waals surface area contributed by atoms with Gasteiger partial charge in [0.15, 0.2) is 0 Å². The number of nitrogens with zero attached hydrogens (tertiary/aromatic N) is 3. The van der Waals surface area contributed by atoms with Crippen molar-refractivity contribution in [2.24, 2.45) is 0 Å². The zero-order valence-electron chi connectivity index (χ0n) is 12.6. The van der Waals surface area contributed by atoms with Crippen LogP contribution in [0, 0.1) is 5.82 Å². The quantitative estimate of drug-likeness (QED) is 0.684. The third-order valence-electron chi connectivity index (χ3n) is 3.26. The Morgan fingerprint density at radius 1 is 1.17 bits per heavy atom. The Labute approximate surface area is 132 Å². The van der Waals surface area contributed by atoms with Crippen molar-refractivity contribution >= 4 is 5.95 Å². The number of benzene rings is 1. The third-order valence-corrected chi connectivity index (χ3v) is 3.26. The van der Waals surface area contributed by atoms with E-state index < -0.39 is 0 Å². The number of aromatic amines is 1. The van der Waals surface area contributed by atoms with Gasteiger partial charge in [-0.15, -0.1) is 0 Å². The van der Waals surface area contributed by atoms with Crippen molar-refractivity contribution in [2.75, 3.05) is 25.6 Å². The minimum Gasteiger partial charge on any atom is -0.383 e. The number of methoxy groups -OCH3 is 1.